The SMILES string of the molecule is CCCc1cc(O)c2c(c1)[C@H]([C@H]1c3cc(O)cc(O)c3C(=O)c3c(O)cc([C@@H](O)CC)cc31)c1cc(O)cc(O)c1C2=O. The van der Waals surface area contributed by atoms with E-state index in [1.54, 1.807) is 19.1 Å². The summed E-state index contributed by atoms with van der Waals surface area (Å²) in [6, 6.07) is 10.8. The monoisotopic (exact) mass is 582 g/mol. The lowest BCUT2D eigenvalue weighted by molar-refractivity contribution is 0.101. The van der Waals surface area contributed by atoms with Crippen LogP contribution in [-0.4, -0.2) is 47.3 Å². The average molecular weight is 583 g/mol. The van der Waals surface area contributed by atoms with Crippen LogP contribution in [0.15, 0.2) is 48.5 Å². The first-order chi connectivity index (χ1) is 20.5. The van der Waals surface area contributed by atoms with Crippen molar-refractivity contribution in [2.75, 3.05) is 0 Å². The molecular weight excluding hydrogens is 552 g/mol. The molecule has 0 bridgehead atoms. The molecule has 9 nitrogen and oxygen atoms in total. The van der Waals surface area contributed by atoms with Crippen LogP contribution in [0.4, 0.5) is 0 Å². The number of aromatic hydroxyl groups is 6. The zero-order valence-electron chi connectivity index (χ0n) is 23.4. The number of rotatable bonds is 5. The average Bonchev–Trinajstić information content (AvgIpc) is 2.92. The van der Waals surface area contributed by atoms with E-state index in [0.717, 1.165) is 18.6 Å². The highest BCUT2D eigenvalue weighted by atomic mass is 16.3. The first-order valence-corrected chi connectivity index (χ1v) is 14.1. The maximum Gasteiger partial charge on any atom is 0.201 e. The van der Waals surface area contributed by atoms with Crippen molar-refractivity contribution in [2.24, 2.45) is 0 Å². The highest BCUT2D eigenvalue weighted by Gasteiger charge is 2.46. The van der Waals surface area contributed by atoms with Crippen molar-refractivity contribution in [1.82, 2.24) is 0 Å². The largest absolute Gasteiger partial charge is 0.508 e. The van der Waals surface area contributed by atoms with Gasteiger partial charge in [0, 0.05) is 24.0 Å². The van der Waals surface area contributed by atoms with Crippen LogP contribution in [0, 0.1) is 0 Å². The summed E-state index contributed by atoms with van der Waals surface area (Å²) in [6.07, 6.45) is 0.596. The molecule has 220 valence electrons. The third-order valence-electron chi connectivity index (χ3n) is 8.54. The number of phenols is 6. The van der Waals surface area contributed by atoms with Gasteiger partial charge in [0.05, 0.1) is 28.4 Å². The Morgan fingerprint density at radius 2 is 1.00 bits per heavy atom. The lowest BCUT2D eigenvalue weighted by Crippen LogP contribution is -2.30. The minimum absolute atomic E-state index is 0.0725. The van der Waals surface area contributed by atoms with Gasteiger partial charge >= 0.3 is 0 Å². The maximum absolute atomic E-state index is 13.8. The van der Waals surface area contributed by atoms with Gasteiger partial charge in [-0.2, -0.15) is 0 Å². The molecule has 3 atom stereocenters. The molecule has 6 rings (SSSR count). The van der Waals surface area contributed by atoms with Crippen molar-refractivity contribution in [3.63, 3.8) is 0 Å². The second-order valence-corrected chi connectivity index (χ2v) is 11.2. The number of carbonyl (C=O) groups excluding carboxylic acids is 2. The fourth-order valence-electron chi connectivity index (χ4n) is 6.78. The molecule has 2 aliphatic rings. The fraction of sp³-hybridized carbons (Fsp3) is 0.235. The first kappa shape index (κ1) is 28.1. The fourth-order valence-corrected chi connectivity index (χ4v) is 6.78. The Bertz CT molecular complexity index is 1860. The zero-order valence-corrected chi connectivity index (χ0v) is 23.4. The first-order valence-electron chi connectivity index (χ1n) is 14.1. The van der Waals surface area contributed by atoms with Gasteiger partial charge in [-0.05, 0) is 70.5 Å². The molecule has 0 unspecified atom stereocenters. The summed E-state index contributed by atoms with van der Waals surface area (Å²) in [7, 11) is 0. The predicted molar refractivity (Wildman–Crippen MR) is 156 cm³/mol. The molecule has 0 heterocycles. The van der Waals surface area contributed by atoms with Gasteiger partial charge in [0.1, 0.15) is 34.5 Å². The second kappa shape index (κ2) is 10.1. The number of aliphatic hydroxyl groups excluding tert-OH is 1. The van der Waals surface area contributed by atoms with Gasteiger partial charge < -0.3 is 35.7 Å². The topological polar surface area (TPSA) is 176 Å². The molecule has 9 heteroatoms. The molecule has 0 spiro atoms. The number of hydrogen-bond donors (Lipinski definition) is 7. The van der Waals surface area contributed by atoms with E-state index in [2.05, 4.69) is 0 Å². The summed E-state index contributed by atoms with van der Waals surface area (Å²) in [4.78, 5) is 27.7. The van der Waals surface area contributed by atoms with Crippen LogP contribution >= 0.6 is 0 Å². The van der Waals surface area contributed by atoms with Crippen molar-refractivity contribution in [2.45, 2.75) is 51.0 Å². The van der Waals surface area contributed by atoms with Crippen molar-refractivity contribution < 1.29 is 45.3 Å². The van der Waals surface area contributed by atoms with Crippen LogP contribution in [0.5, 0.6) is 34.5 Å². The van der Waals surface area contributed by atoms with Gasteiger partial charge in [-0.1, -0.05) is 32.4 Å². The smallest absolute Gasteiger partial charge is 0.201 e. The Morgan fingerprint density at radius 3 is 1.47 bits per heavy atom. The summed E-state index contributed by atoms with van der Waals surface area (Å²) >= 11 is 0. The van der Waals surface area contributed by atoms with Crippen molar-refractivity contribution >= 4 is 11.6 Å². The number of phenolic OH excluding ortho intramolecular Hbond substituents is 6. The van der Waals surface area contributed by atoms with E-state index >= 15 is 0 Å². The van der Waals surface area contributed by atoms with E-state index in [1.807, 2.05) is 6.92 Å². The van der Waals surface area contributed by atoms with Crippen LogP contribution in [0.3, 0.4) is 0 Å². The van der Waals surface area contributed by atoms with Crippen LogP contribution in [0.25, 0.3) is 0 Å². The van der Waals surface area contributed by atoms with Gasteiger partial charge in [-0.3, -0.25) is 9.59 Å². The highest BCUT2D eigenvalue weighted by Crippen LogP contribution is 2.57. The van der Waals surface area contributed by atoms with Crippen molar-refractivity contribution in [3.05, 3.63) is 104 Å². The summed E-state index contributed by atoms with van der Waals surface area (Å²) in [5, 5.41) is 76.1. The second-order valence-electron chi connectivity index (χ2n) is 11.2. The Hall–Kier alpha value is -5.02. The molecule has 4 aromatic rings. The molecular formula is C34H30O9. The summed E-state index contributed by atoms with van der Waals surface area (Å²) in [6.45, 7) is 3.71. The van der Waals surface area contributed by atoms with E-state index in [-0.39, 0.29) is 56.2 Å². The molecule has 0 saturated heterocycles. The Kier molecular flexibility index (Phi) is 6.58. The number of hydrogen-bond acceptors (Lipinski definition) is 9. The molecule has 4 aromatic carbocycles. The Morgan fingerprint density at radius 1 is 0.581 bits per heavy atom. The zero-order chi connectivity index (χ0) is 30.9. The third-order valence-corrected chi connectivity index (χ3v) is 8.54. The van der Waals surface area contributed by atoms with E-state index in [9.17, 15) is 45.3 Å². The number of ketones is 2. The maximum atomic E-state index is 13.8. The van der Waals surface area contributed by atoms with E-state index in [1.165, 1.54) is 24.3 Å². The van der Waals surface area contributed by atoms with Crippen LogP contribution in [0.1, 0.15) is 110 Å². The molecule has 0 amide bonds. The molecule has 0 aromatic heterocycles. The Balaban J connectivity index is 1.79. The van der Waals surface area contributed by atoms with Gasteiger partial charge in [-0.25, -0.2) is 0 Å². The third kappa shape index (κ3) is 4.19. The number of carbonyl (C=O) groups is 2. The van der Waals surface area contributed by atoms with E-state index in [4.69, 9.17) is 0 Å². The van der Waals surface area contributed by atoms with Crippen LogP contribution in [0.2, 0.25) is 0 Å². The normalized spacial score (nSPS) is 17.6. The quantitative estimate of drug-likeness (QED) is 0.163. The van der Waals surface area contributed by atoms with Gasteiger partial charge in [0.2, 0.25) is 11.6 Å². The molecule has 0 saturated carbocycles. The van der Waals surface area contributed by atoms with Gasteiger partial charge in [-0.15, -0.1) is 0 Å². The van der Waals surface area contributed by atoms with Gasteiger partial charge in [0.15, 0.2) is 0 Å². The molecule has 0 fully saturated rings. The molecule has 0 radical (unpaired) electrons. The highest BCUT2D eigenvalue weighted by molar-refractivity contribution is 6.18. The molecule has 0 aliphatic heterocycles. The molecule has 7 N–H and O–H groups in total. The molecule has 43 heavy (non-hydrogen) atoms. The number of benzene rings is 4. The minimum Gasteiger partial charge on any atom is -0.508 e. The predicted octanol–water partition coefficient (Wildman–Crippen LogP) is 5.37. The lowest BCUT2D eigenvalue weighted by atomic mass is 9.63. The van der Waals surface area contributed by atoms with E-state index in [0.29, 0.717) is 29.5 Å². The lowest BCUT2D eigenvalue weighted by Gasteiger charge is -2.39. The molecule has 2 aliphatic carbocycles. The van der Waals surface area contributed by atoms with Crippen molar-refractivity contribution in [1.29, 1.82) is 0 Å². The summed E-state index contributed by atoms with van der Waals surface area (Å²) in [5.41, 5.74) is 1.42. The van der Waals surface area contributed by atoms with Crippen LogP contribution in [-0.2, 0) is 6.42 Å². The summed E-state index contributed by atoms with van der Waals surface area (Å²) in [5.74, 6) is -5.83. The number of aliphatic hydroxyl groups is 1. The number of aryl methyl sites for hydroxylation is 1. The summed E-state index contributed by atoms with van der Waals surface area (Å²) < 4.78 is 0. The van der Waals surface area contributed by atoms with E-state index < -0.39 is 46.8 Å². The standard InChI is InChI=1S/C34H30O9/c1-3-5-14-6-18-27(20-10-16(35)12-25(40)31(20)33(42)29(18)23(38)7-14)28-19-8-15(22(37)4-2)9-24(39)30(19)34(43)32-21(28)11-17(36)13-26(32)41/h6-13,22,27-28,35-41H,3-5H2,1-2H3/t22-,27-,28+/m0/s1. The van der Waals surface area contributed by atoms with Gasteiger partial charge in [0.25, 0.3) is 0 Å². The van der Waals surface area contributed by atoms with Crippen LogP contribution < -0.4 is 0 Å². The number of fused-ring (bicyclic) bond motifs is 4. The Labute approximate surface area is 246 Å². The van der Waals surface area contributed by atoms with Crippen molar-refractivity contribution in [3.8, 4) is 34.5 Å². The minimum atomic E-state index is -1.02.